The molecule has 0 aliphatic heterocycles. The van der Waals surface area contributed by atoms with E-state index in [1.807, 2.05) is 6.20 Å². The van der Waals surface area contributed by atoms with E-state index in [0.717, 1.165) is 18.5 Å². The monoisotopic (exact) mass is 273 g/mol. The van der Waals surface area contributed by atoms with Crippen LogP contribution in [0.2, 0.25) is 0 Å². The van der Waals surface area contributed by atoms with Gasteiger partial charge in [0.2, 0.25) is 0 Å². The summed E-state index contributed by atoms with van der Waals surface area (Å²) in [6, 6.07) is 0.251. The maximum atomic E-state index is 11.4. The minimum Gasteiger partial charge on any atom is -0.310 e. The molecule has 0 spiro atoms. The molecule has 0 saturated carbocycles. The van der Waals surface area contributed by atoms with Crippen LogP contribution in [0.4, 0.5) is 0 Å². The molecule has 0 aliphatic carbocycles. The van der Waals surface area contributed by atoms with Crippen molar-refractivity contribution in [3.8, 4) is 0 Å². The second kappa shape index (κ2) is 6.89. The van der Waals surface area contributed by atoms with Crippen LogP contribution in [-0.2, 0) is 16.4 Å². The maximum Gasteiger partial charge on any atom is 0.151 e. The van der Waals surface area contributed by atoms with Crippen molar-refractivity contribution in [3.63, 3.8) is 0 Å². The molecule has 104 valence electrons. The van der Waals surface area contributed by atoms with Crippen molar-refractivity contribution < 1.29 is 8.42 Å². The molecule has 1 aromatic rings. The largest absolute Gasteiger partial charge is 0.310 e. The maximum absolute atomic E-state index is 11.4. The second-order valence-corrected chi connectivity index (χ2v) is 6.92. The minimum absolute atomic E-state index is 0.154. The van der Waals surface area contributed by atoms with Crippen molar-refractivity contribution in [2.45, 2.75) is 39.8 Å². The van der Waals surface area contributed by atoms with Crippen LogP contribution < -0.4 is 5.32 Å². The molecular weight excluding hydrogens is 250 g/mol. The number of hydrogen-bond acceptors (Lipinski definition) is 4. The summed E-state index contributed by atoms with van der Waals surface area (Å²) in [6.45, 7) is 7.27. The molecule has 1 N–H and O–H groups in total. The highest BCUT2D eigenvalue weighted by Gasteiger charge is 2.10. The molecule has 0 amide bonds. The van der Waals surface area contributed by atoms with Crippen LogP contribution in [0.1, 0.15) is 38.8 Å². The zero-order chi connectivity index (χ0) is 13.6. The fourth-order valence-electron chi connectivity index (χ4n) is 1.58. The summed E-state index contributed by atoms with van der Waals surface area (Å²) < 4.78 is 24.5. The van der Waals surface area contributed by atoms with Gasteiger partial charge in [-0.15, -0.1) is 0 Å². The van der Waals surface area contributed by atoms with E-state index in [2.05, 4.69) is 24.3 Å². The third kappa shape index (κ3) is 4.78. The third-order valence-electron chi connectivity index (χ3n) is 2.92. The summed E-state index contributed by atoms with van der Waals surface area (Å²) in [4.78, 5) is 0. The molecule has 0 fully saturated rings. The summed E-state index contributed by atoms with van der Waals surface area (Å²) >= 11 is 0. The van der Waals surface area contributed by atoms with Gasteiger partial charge in [-0.1, -0.05) is 13.8 Å². The highest BCUT2D eigenvalue weighted by molar-refractivity contribution is 7.91. The molecular formula is C12H23N3O2S. The first-order valence-electron chi connectivity index (χ1n) is 6.44. The first-order valence-corrected chi connectivity index (χ1v) is 8.26. The summed E-state index contributed by atoms with van der Waals surface area (Å²) in [6.07, 6.45) is 4.80. The zero-order valence-electron chi connectivity index (χ0n) is 11.4. The van der Waals surface area contributed by atoms with Crippen LogP contribution >= 0.6 is 0 Å². The Morgan fingerprint density at radius 1 is 1.44 bits per heavy atom. The quantitative estimate of drug-likeness (QED) is 0.777. The number of hydrogen-bond donors (Lipinski definition) is 1. The van der Waals surface area contributed by atoms with Crippen LogP contribution in [0.15, 0.2) is 12.4 Å². The smallest absolute Gasteiger partial charge is 0.151 e. The number of aromatic nitrogens is 2. The first-order chi connectivity index (χ1) is 8.48. The van der Waals surface area contributed by atoms with Gasteiger partial charge in [-0.3, -0.25) is 4.68 Å². The van der Waals surface area contributed by atoms with Crippen molar-refractivity contribution in [1.29, 1.82) is 0 Å². The van der Waals surface area contributed by atoms with Gasteiger partial charge < -0.3 is 5.32 Å². The van der Waals surface area contributed by atoms with E-state index in [0.29, 0.717) is 6.54 Å². The molecule has 0 aromatic carbocycles. The fourth-order valence-corrected chi connectivity index (χ4v) is 2.34. The first kappa shape index (κ1) is 15.2. The van der Waals surface area contributed by atoms with Gasteiger partial charge >= 0.3 is 0 Å². The lowest BCUT2D eigenvalue weighted by molar-refractivity contribution is 0.567. The Morgan fingerprint density at radius 2 is 2.17 bits per heavy atom. The Balaban J connectivity index is 2.53. The summed E-state index contributed by atoms with van der Waals surface area (Å²) in [5.41, 5.74) is 1.09. The third-order valence-corrected chi connectivity index (χ3v) is 4.61. The number of nitrogens with one attached hydrogen (secondary N) is 1. The predicted octanol–water partition coefficient (Wildman–Crippen LogP) is 1.38. The van der Waals surface area contributed by atoms with Gasteiger partial charge in [0, 0.05) is 23.6 Å². The molecule has 1 rings (SSSR count). The minimum atomic E-state index is -2.92. The van der Waals surface area contributed by atoms with E-state index in [9.17, 15) is 8.42 Å². The summed E-state index contributed by atoms with van der Waals surface area (Å²) in [5, 5.41) is 7.57. The average Bonchev–Trinajstić information content (AvgIpc) is 2.82. The molecule has 5 nitrogen and oxygen atoms in total. The van der Waals surface area contributed by atoms with Crippen LogP contribution in [0.3, 0.4) is 0 Å². The van der Waals surface area contributed by atoms with Gasteiger partial charge in [0.25, 0.3) is 0 Å². The average molecular weight is 273 g/mol. The number of nitrogens with zero attached hydrogens (tertiary/aromatic N) is 2. The van der Waals surface area contributed by atoms with Crippen molar-refractivity contribution >= 4 is 9.84 Å². The Labute approximate surface area is 109 Å². The topological polar surface area (TPSA) is 64.0 Å². The lowest BCUT2D eigenvalue weighted by atomic mass is 10.2. The van der Waals surface area contributed by atoms with E-state index in [-0.39, 0.29) is 17.5 Å². The Kier molecular flexibility index (Phi) is 5.81. The van der Waals surface area contributed by atoms with Crippen LogP contribution in [0, 0.1) is 0 Å². The molecule has 1 unspecified atom stereocenters. The lowest BCUT2D eigenvalue weighted by Crippen LogP contribution is -2.19. The molecule has 0 bridgehead atoms. The van der Waals surface area contributed by atoms with E-state index in [1.165, 1.54) is 0 Å². The van der Waals surface area contributed by atoms with Crippen molar-refractivity contribution in [2.75, 3.05) is 18.1 Å². The standard InChI is InChI=1S/C12H23N3O2S/c1-4-6-13-11(3)12-9-14-15(10-12)7-8-18(16,17)5-2/h9-11,13H,4-8H2,1-3H3. The van der Waals surface area contributed by atoms with E-state index in [1.54, 1.807) is 17.8 Å². The SMILES string of the molecule is CCCNC(C)c1cnn(CCS(=O)(=O)CC)c1. The van der Waals surface area contributed by atoms with Gasteiger partial charge in [0.1, 0.15) is 0 Å². The van der Waals surface area contributed by atoms with Crippen LogP contribution in [0.25, 0.3) is 0 Å². The number of aryl methyl sites for hydroxylation is 1. The second-order valence-electron chi connectivity index (χ2n) is 4.45. The molecule has 0 radical (unpaired) electrons. The molecule has 1 atom stereocenters. The van der Waals surface area contributed by atoms with Crippen molar-refractivity contribution in [3.05, 3.63) is 18.0 Å². The van der Waals surface area contributed by atoms with Gasteiger partial charge in [-0.2, -0.15) is 5.10 Å². The highest BCUT2D eigenvalue weighted by Crippen LogP contribution is 2.10. The molecule has 18 heavy (non-hydrogen) atoms. The van der Waals surface area contributed by atoms with Crippen molar-refractivity contribution in [2.24, 2.45) is 0 Å². The van der Waals surface area contributed by atoms with Gasteiger partial charge in [-0.05, 0) is 19.9 Å². The number of sulfone groups is 1. The predicted molar refractivity (Wildman–Crippen MR) is 73.3 cm³/mol. The Morgan fingerprint density at radius 3 is 2.78 bits per heavy atom. The highest BCUT2D eigenvalue weighted by atomic mass is 32.2. The van der Waals surface area contributed by atoms with E-state index < -0.39 is 9.84 Å². The number of rotatable bonds is 8. The van der Waals surface area contributed by atoms with Gasteiger partial charge in [0.05, 0.1) is 18.5 Å². The normalized spacial score (nSPS) is 13.7. The fraction of sp³-hybridized carbons (Fsp3) is 0.750. The zero-order valence-corrected chi connectivity index (χ0v) is 12.2. The van der Waals surface area contributed by atoms with E-state index >= 15 is 0 Å². The van der Waals surface area contributed by atoms with Gasteiger partial charge in [-0.25, -0.2) is 8.42 Å². The summed E-state index contributed by atoms with van der Waals surface area (Å²) in [7, 11) is -2.92. The Hall–Kier alpha value is -0.880. The lowest BCUT2D eigenvalue weighted by Gasteiger charge is -2.10. The van der Waals surface area contributed by atoms with Crippen LogP contribution in [-0.4, -0.2) is 36.2 Å². The van der Waals surface area contributed by atoms with Crippen LogP contribution in [0.5, 0.6) is 0 Å². The molecule has 1 heterocycles. The molecule has 0 aliphatic rings. The van der Waals surface area contributed by atoms with Crippen molar-refractivity contribution in [1.82, 2.24) is 15.1 Å². The summed E-state index contributed by atoms with van der Waals surface area (Å²) in [5.74, 6) is 0.344. The van der Waals surface area contributed by atoms with Gasteiger partial charge in [0.15, 0.2) is 9.84 Å². The molecule has 1 aromatic heterocycles. The van der Waals surface area contributed by atoms with E-state index in [4.69, 9.17) is 0 Å². The molecule has 0 saturated heterocycles. The Bertz CT molecular complexity index is 454. The molecule has 6 heteroatoms.